The molecule has 0 aliphatic rings. The van der Waals surface area contributed by atoms with Gasteiger partial charge >= 0.3 is 5.97 Å². The highest BCUT2D eigenvalue weighted by Gasteiger charge is 1.99. The van der Waals surface area contributed by atoms with Crippen molar-refractivity contribution in [3.05, 3.63) is 0 Å². The molecule has 78 valence electrons. The Kier molecular flexibility index (Phi) is 10.0. The van der Waals surface area contributed by atoms with E-state index in [2.05, 4.69) is 13.8 Å². The standard InChI is InChI=1S/C7H14O2.C2H4O2/c1-4-6(2)5-9-7(3)8;1-2(3)4/h6H,4-5H2,1-3H3;1H3,(H,3,4). The highest BCUT2D eigenvalue weighted by Crippen LogP contribution is 1.99. The van der Waals surface area contributed by atoms with E-state index in [1.807, 2.05) is 0 Å². The number of hydrogen-bond acceptors (Lipinski definition) is 3. The molecule has 1 N–H and O–H groups in total. The summed E-state index contributed by atoms with van der Waals surface area (Å²) in [5, 5.41) is 7.42. The molecule has 13 heavy (non-hydrogen) atoms. The van der Waals surface area contributed by atoms with Gasteiger partial charge in [0.25, 0.3) is 5.97 Å². The van der Waals surface area contributed by atoms with Crippen molar-refractivity contribution in [3.63, 3.8) is 0 Å². The van der Waals surface area contributed by atoms with Crippen molar-refractivity contribution in [3.8, 4) is 0 Å². The van der Waals surface area contributed by atoms with E-state index in [1.54, 1.807) is 0 Å². The zero-order chi connectivity index (χ0) is 10.9. The third-order valence-corrected chi connectivity index (χ3v) is 1.27. The maximum atomic E-state index is 10.2. The Balaban J connectivity index is 0. The fraction of sp³-hybridized carbons (Fsp3) is 0.778. The molecular weight excluding hydrogens is 172 g/mol. The summed E-state index contributed by atoms with van der Waals surface area (Å²) in [5.74, 6) is -0.524. The van der Waals surface area contributed by atoms with Crippen molar-refractivity contribution >= 4 is 11.9 Å². The minimum atomic E-state index is -0.833. The van der Waals surface area contributed by atoms with Gasteiger partial charge in [-0.05, 0) is 5.92 Å². The van der Waals surface area contributed by atoms with Crippen LogP contribution in [0.5, 0.6) is 0 Å². The van der Waals surface area contributed by atoms with Gasteiger partial charge in [0.05, 0.1) is 6.61 Å². The number of carboxylic acids is 1. The molecule has 0 aliphatic heterocycles. The lowest BCUT2D eigenvalue weighted by Crippen LogP contribution is -2.07. The van der Waals surface area contributed by atoms with Crippen LogP contribution in [0.4, 0.5) is 0 Å². The normalized spacial score (nSPS) is 10.8. The van der Waals surface area contributed by atoms with E-state index in [0.29, 0.717) is 12.5 Å². The van der Waals surface area contributed by atoms with E-state index in [-0.39, 0.29) is 5.97 Å². The molecule has 0 bridgehead atoms. The Hall–Kier alpha value is -1.06. The Morgan fingerprint density at radius 3 is 2.00 bits per heavy atom. The molecular formula is C9H18O4. The first-order chi connectivity index (χ1) is 5.90. The molecule has 1 atom stereocenters. The molecule has 0 heterocycles. The zero-order valence-electron chi connectivity index (χ0n) is 8.66. The van der Waals surface area contributed by atoms with Crippen LogP contribution in [0.3, 0.4) is 0 Å². The second-order valence-corrected chi connectivity index (χ2v) is 2.84. The molecule has 0 saturated heterocycles. The Labute approximate surface area is 78.9 Å². The first-order valence-corrected chi connectivity index (χ1v) is 4.23. The van der Waals surface area contributed by atoms with E-state index in [0.717, 1.165) is 13.3 Å². The Morgan fingerprint density at radius 2 is 1.77 bits per heavy atom. The molecule has 4 nitrogen and oxygen atoms in total. The average Bonchev–Trinajstić information content (AvgIpc) is 1.99. The molecule has 0 radical (unpaired) electrons. The van der Waals surface area contributed by atoms with E-state index in [9.17, 15) is 4.79 Å². The molecule has 0 aromatic rings. The van der Waals surface area contributed by atoms with Crippen molar-refractivity contribution < 1.29 is 19.4 Å². The second kappa shape index (κ2) is 9.03. The van der Waals surface area contributed by atoms with E-state index in [4.69, 9.17) is 14.6 Å². The molecule has 1 unspecified atom stereocenters. The summed E-state index contributed by atoms with van der Waals surface area (Å²) in [5.41, 5.74) is 0. The molecule has 0 aliphatic carbocycles. The van der Waals surface area contributed by atoms with E-state index < -0.39 is 5.97 Å². The molecule has 0 aromatic heterocycles. The third-order valence-electron chi connectivity index (χ3n) is 1.27. The van der Waals surface area contributed by atoms with Crippen LogP contribution in [0.2, 0.25) is 0 Å². The number of carbonyl (C=O) groups is 2. The van der Waals surface area contributed by atoms with Crippen molar-refractivity contribution in [2.45, 2.75) is 34.1 Å². The van der Waals surface area contributed by atoms with Crippen molar-refractivity contribution in [1.82, 2.24) is 0 Å². The van der Waals surface area contributed by atoms with E-state index in [1.165, 1.54) is 6.92 Å². The van der Waals surface area contributed by atoms with Crippen LogP contribution < -0.4 is 0 Å². The van der Waals surface area contributed by atoms with Gasteiger partial charge in [0.2, 0.25) is 0 Å². The maximum absolute atomic E-state index is 10.2. The number of aliphatic carboxylic acids is 1. The predicted molar refractivity (Wildman–Crippen MR) is 49.4 cm³/mol. The number of carboxylic acid groups (broad SMARTS) is 1. The first-order valence-electron chi connectivity index (χ1n) is 4.23. The lowest BCUT2D eigenvalue weighted by Gasteiger charge is -2.06. The SMILES string of the molecule is CC(=O)O.CCC(C)COC(C)=O. The third kappa shape index (κ3) is 24.8. The number of esters is 1. The summed E-state index contributed by atoms with van der Waals surface area (Å²) >= 11 is 0. The van der Waals surface area contributed by atoms with Gasteiger partial charge in [-0.15, -0.1) is 0 Å². The first kappa shape index (κ1) is 14.5. The van der Waals surface area contributed by atoms with Crippen molar-refractivity contribution in [2.24, 2.45) is 5.92 Å². The summed E-state index contributed by atoms with van der Waals surface area (Å²) in [6.07, 6.45) is 1.06. The number of hydrogen-bond donors (Lipinski definition) is 1. The number of rotatable bonds is 3. The summed E-state index contributed by atoms with van der Waals surface area (Å²) in [6.45, 7) is 7.21. The fourth-order valence-electron chi connectivity index (χ4n) is 0.377. The minimum absolute atomic E-state index is 0.185. The van der Waals surface area contributed by atoms with Gasteiger partial charge in [-0.3, -0.25) is 9.59 Å². The van der Waals surface area contributed by atoms with Crippen LogP contribution >= 0.6 is 0 Å². The summed E-state index contributed by atoms with van der Waals surface area (Å²) in [6, 6.07) is 0. The summed E-state index contributed by atoms with van der Waals surface area (Å²) in [7, 11) is 0. The molecule has 0 amide bonds. The van der Waals surface area contributed by atoms with Gasteiger partial charge in [0.1, 0.15) is 0 Å². The molecule has 0 saturated carbocycles. The van der Waals surface area contributed by atoms with Gasteiger partial charge in [-0.1, -0.05) is 20.3 Å². The zero-order valence-corrected chi connectivity index (χ0v) is 8.66. The van der Waals surface area contributed by atoms with Crippen LogP contribution in [0, 0.1) is 5.92 Å². The van der Waals surface area contributed by atoms with Crippen LogP contribution in [-0.4, -0.2) is 23.7 Å². The minimum Gasteiger partial charge on any atom is -0.481 e. The van der Waals surface area contributed by atoms with E-state index >= 15 is 0 Å². The molecule has 0 rings (SSSR count). The fourth-order valence-corrected chi connectivity index (χ4v) is 0.377. The summed E-state index contributed by atoms with van der Waals surface area (Å²) in [4.78, 5) is 19.2. The lowest BCUT2D eigenvalue weighted by atomic mass is 10.1. The number of carbonyl (C=O) groups excluding carboxylic acids is 1. The molecule has 4 heteroatoms. The number of ether oxygens (including phenoxy) is 1. The van der Waals surface area contributed by atoms with Crippen molar-refractivity contribution in [2.75, 3.05) is 6.61 Å². The van der Waals surface area contributed by atoms with Gasteiger partial charge in [-0.2, -0.15) is 0 Å². The van der Waals surface area contributed by atoms with Crippen molar-refractivity contribution in [1.29, 1.82) is 0 Å². The largest absolute Gasteiger partial charge is 0.481 e. The van der Waals surface area contributed by atoms with Crippen LogP contribution in [0.15, 0.2) is 0 Å². The van der Waals surface area contributed by atoms with Crippen LogP contribution in [-0.2, 0) is 14.3 Å². The highest BCUT2D eigenvalue weighted by molar-refractivity contribution is 5.65. The van der Waals surface area contributed by atoms with Gasteiger partial charge < -0.3 is 9.84 Å². The Bertz CT molecular complexity index is 150. The Morgan fingerprint density at radius 1 is 1.38 bits per heavy atom. The summed E-state index contributed by atoms with van der Waals surface area (Å²) < 4.78 is 4.76. The predicted octanol–water partition coefficient (Wildman–Crippen LogP) is 1.69. The van der Waals surface area contributed by atoms with Gasteiger partial charge in [0, 0.05) is 13.8 Å². The molecule has 0 spiro atoms. The lowest BCUT2D eigenvalue weighted by molar-refractivity contribution is -0.142. The van der Waals surface area contributed by atoms with Gasteiger partial charge in [-0.25, -0.2) is 0 Å². The molecule has 0 fully saturated rings. The molecule has 0 aromatic carbocycles. The monoisotopic (exact) mass is 190 g/mol. The van der Waals surface area contributed by atoms with Gasteiger partial charge in [0.15, 0.2) is 0 Å². The smallest absolute Gasteiger partial charge is 0.302 e. The average molecular weight is 190 g/mol. The maximum Gasteiger partial charge on any atom is 0.302 e. The van der Waals surface area contributed by atoms with Crippen LogP contribution in [0.1, 0.15) is 34.1 Å². The topological polar surface area (TPSA) is 63.6 Å². The quantitative estimate of drug-likeness (QED) is 0.688. The second-order valence-electron chi connectivity index (χ2n) is 2.84. The highest BCUT2D eigenvalue weighted by atomic mass is 16.5. The van der Waals surface area contributed by atoms with Crippen LogP contribution in [0.25, 0.3) is 0 Å².